The molecule has 1 aromatic carbocycles. The summed E-state index contributed by atoms with van der Waals surface area (Å²) in [6.45, 7) is 13.1. The highest BCUT2D eigenvalue weighted by Gasteiger charge is 2.42. The Kier molecular flexibility index (Phi) is 5.36. The molecule has 2 aliphatic heterocycles. The first-order valence-corrected chi connectivity index (χ1v) is 9.60. The van der Waals surface area contributed by atoms with Crippen molar-refractivity contribution < 1.29 is 14.0 Å². The molecular formula is C20H33N2O2+. The molecule has 0 aliphatic carbocycles. The molecule has 4 heteroatoms. The molecule has 2 heterocycles. The van der Waals surface area contributed by atoms with Crippen LogP contribution in [0.15, 0.2) is 12.1 Å². The van der Waals surface area contributed by atoms with E-state index >= 15 is 0 Å². The highest BCUT2D eigenvalue weighted by molar-refractivity contribution is 5.53. The molecule has 0 aromatic heterocycles. The Balaban J connectivity index is 1.91. The van der Waals surface area contributed by atoms with Crippen LogP contribution in [0.3, 0.4) is 0 Å². The van der Waals surface area contributed by atoms with E-state index in [1.54, 1.807) is 0 Å². The SMILES string of the molecule is CCC[C@H]1c2c(ccc3c2OCO3)CC[N+]1(C)CCN(CC)CC. The predicted molar refractivity (Wildman–Crippen MR) is 97.6 cm³/mol. The summed E-state index contributed by atoms with van der Waals surface area (Å²) >= 11 is 0. The third kappa shape index (κ3) is 3.14. The maximum atomic E-state index is 5.89. The van der Waals surface area contributed by atoms with Gasteiger partial charge in [0.05, 0.1) is 25.7 Å². The fraction of sp³-hybridized carbons (Fsp3) is 0.700. The smallest absolute Gasteiger partial charge is 0.231 e. The summed E-state index contributed by atoms with van der Waals surface area (Å²) in [5, 5.41) is 0. The first-order valence-electron chi connectivity index (χ1n) is 9.60. The Morgan fingerprint density at radius 2 is 1.96 bits per heavy atom. The Labute approximate surface area is 146 Å². The van der Waals surface area contributed by atoms with Gasteiger partial charge in [0.2, 0.25) is 6.79 Å². The number of hydrogen-bond acceptors (Lipinski definition) is 3. The minimum absolute atomic E-state index is 0.369. The second-order valence-electron chi connectivity index (χ2n) is 7.38. The van der Waals surface area contributed by atoms with Crippen LogP contribution < -0.4 is 9.47 Å². The lowest BCUT2D eigenvalue weighted by molar-refractivity contribution is -0.941. The molecule has 0 radical (unpaired) electrons. The molecule has 2 aliphatic rings. The standard InChI is InChI=1S/C20H33N2O2/c1-5-8-17-19-16(9-10-18-20(19)24-15-23-18)11-13-22(17,4)14-12-21(6-2)7-3/h9-10,17H,5-8,11-15H2,1-4H3/q+1/t17-,22?/m0/s1. The van der Waals surface area contributed by atoms with Crippen LogP contribution in [0.1, 0.15) is 50.8 Å². The van der Waals surface area contributed by atoms with Gasteiger partial charge in [-0.15, -0.1) is 0 Å². The maximum absolute atomic E-state index is 5.89. The van der Waals surface area contributed by atoms with Crippen LogP contribution in [0.5, 0.6) is 11.5 Å². The van der Waals surface area contributed by atoms with Crippen molar-refractivity contribution in [2.24, 2.45) is 0 Å². The minimum atomic E-state index is 0.369. The summed E-state index contributed by atoms with van der Waals surface area (Å²) in [7, 11) is 2.45. The van der Waals surface area contributed by atoms with Crippen LogP contribution in [0.25, 0.3) is 0 Å². The van der Waals surface area contributed by atoms with Gasteiger partial charge in [-0.2, -0.15) is 0 Å². The number of likely N-dealkylation sites (N-methyl/N-ethyl adjacent to an activating group) is 2. The Bertz CT molecular complexity index is 571. The zero-order chi connectivity index (χ0) is 17.2. The van der Waals surface area contributed by atoms with Crippen molar-refractivity contribution >= 4 is 0 Å². The number of hydrogen-bond donors (Lipinski definition) is 0. The van der Waals surface area contributed by atoms with Crippen molar-refractivity contribution in [3.05, 3.63) is 23.3 Å². The second kappa shape index (κ2) is 7.32. The Morgan fingerprint density at radius 3 is 2.67 bits per heavy atom. The summed E-state index contributed by atoms with van der Waals surface area (Å²) in [5.74, 6) is 1.96. The largest absolute Gasteiger partial charge is 0.454 e. The molecule has 0 fully saturated rings. The van der Waals surface area contributed by atoms with Crippen molar-refractivity contribution in [3.63, 3.8) is 0 Å². The molecule has 0 amide bonds. The molecule has 0 spiro atoms. The normalized spacial score (nSPS) is 25.1. The van der Waals surface area contributed by atoms with E-state index in [4.69, 9.17) is 9.47 Å². The second-order valence-corrected chi connectivity index (χ2v) is 7.38. The minimum Gasteiger partial charge on any atom is -0.454 e. The van der Waals surface area contributed by atoms with Gasteiger partial charge in [0, 0.05) is 19.4 Å². The molecule has 4 nitrogen and oxygen atoms in total. The third-order valence-corrected chi connectivity index (χ3v) is 6.03. The van der Waals surface area contributed by atoms with Crippen LogP contribution in [-0.4, -0.2) is 55.9 Å². The van der Waals surface area contributed by atoms with Crippen molar-refractivity contribution in [1.29, 1.82) is 0 Å². The van der Waals surface area contributed by atoms with Crippen LogP contribution in [0.4, 0.5) is 0 Å². The number of benzene rings is 1. The highest BCUT2D eigenvalue weighted by Crippen LogP contribution is 2.48. The van der Waals surface area contributed by atoms with Gasteiger partial charge < -0.3 is 14.0 Å². The molecule has 1 unspecified atom stereocenters. The van der Waals surface area contributed by atoms with Gasteiger partial charge in [-0.1, -0.05) is 33.3 Å². The number of ether oxygens (including phenoxy) is 2. The topological polar surface area (TPSA) is 21.7 Å². The van der Waals surface area contributed by atoms with E-state index in [1.165, 1.54) is 43.6 Å². The van der Waals surface area contributed by atoms with Gasteiger partial charge in [0.25, 0.3) is 0 Å². The molecular weight excluding hydrogens is 300 g/mol. The van der Waals surface area contributed by atoms with Gasteiger partial charge in [0.1, 0.15) is 6.04 Å². The van der Waals surface area contributed by atoms with Gasteiger partial charge in [-0.05, 0) is 24.7 Å². The van der Waals surface area contributed by atoms with Gasteiger partial charge in [0.15, 0.2) is 11.5 Å². The van der Waals surface area contributed by atoms with Crippen molar-refractivity contribution in [1.82, 2.24) is 4.90 Å². The molecule has 0 bridgehead atoms. The molecule has 0 saturated carbocycles. The van der Waals surface area contributed by atoms with E-state index in [9.17, 15) is 0 Å². The molecule has 0 saturated heterocycles. The number of rotatable bonds is 7. The molecule has 2 atom stereocenters. The average molecular weight is 333 g/mol. The molecule has 134 valence electrons. The van der Waals surface area contributed by atoms with Crippen molar-refractivity contribution in [2.75, 3.05) is 46.6 Å². The highest BCUT2D eigenvalue weighted by atomic mass is 16.7. The summed E-state index contributed by atoms with van der Waals surface area (Å²) < 4.78 is 12.7. The third-order valence-electron chi connectivity index (χ3n) is 6.03. The van der Waals surface area contributed by atoms with Crippen LogP contribution in [-0.2, 0) is 6.42 Å². The van der Waals surface area contributed by atoms with E-state index in [1.807, 2.05) is 0 Å². The number of quaternary nitrogens is 1. The maximum Gasteiger partial charge on any atom is 0.231 e. The lowest BCUT2D eigenvalue weighted by atomic mass is 9.87. The van der Waals surface area contributed by atoms with E-state index in [-0.39, 0.29) is 0 Å². The predicted octanol–water partition coefficient (Wildman–Crippen LogP) is 3.60. The zero-order valence-electron chi connectivity index (χ0n) is 15.8. The Morgan fingerprint density at radius 1 is 1.17 bits per heavy atom. The quantitative estimate of drug-likeness (QED) is 0.712. The fourth-order valence-electron chi connectivity index (χ4n) is 4.37. The van der Waals surface area contributed by atoms with Crippen LogP contribution in [0, 0.1) is 0 Å². The molecule has 1 aromatic rings. The first-order chi connectivity index (χ1) is 11.6. The summed E-state index contributed by atoms with van der Waals surface area (Å²) in [4.78, 5) is 2.54. The summed E-state index contributed by atoms with van der Waals surface area (Å²) in [6.07, 6.45) is 3.55. The zero-order valence-corrected chi connectivity index (χ0v) is 15.8. The van der Waals surface area contributed by atoms with Gasteiger partial charge in [-0.3, -0.25) is 4.90 Å². The Hall–Kier alpha value is -1.26. The van der Waals surface area contributed by atoms with Crippen LogP contribution >= 0.6 is 0 Å². The fourth-order valence-corrected chi connectivity index (χ4v) is 4.37. The van der Waals surface area contributed by atoms with E-state index in [2.05, 4.69) is 44.9 Å². The van der Waals surface area contributed by atoms with Crippen LogP contribution in [0.2, 0.25) is 0 Å². The van der Waals surface area contributed by atoms with Crippen molar-refractivity contribution in [2.45, 2.75) is 46.1 Å². The summed E-state index contributed by atoms with van der Waals surface area (Å²) in [5.41, 5.74) is 2.90. The molecule has 24 heavy (non-hydrogen) atoms. The van der Waals surface area contributed by atoms with Gasteiger partial charge in [-0.25, -0.2) is 0 Å². The van der Waals surface area contributed by atoms with E-state index in [0.717, 1.165) is 35.5 Å². The molecule has 3 rings (SSSR count). The average Bonchev–Trinajstić information content (AvgIpc) is 3.07. The monoisotopic (exact) mass is 333 g/mol. The molecule has 0 N–H and O–H groups in total. The lowest BCUT2D eigenvalue weighted by Gasteiger charge is -2.46. The summed E-state index contributed by atoms with van der Waals surface area (Å²) in [6, 6.07) is 4.88. The van der Waals surface area contributed by atoms with E-state index in [0.29, 0.717) is 12.8 Å². The van der Waals surface area contributed by atoms with E-state index < -0.39 is 0 Å². The first kappa shape index (κ1) is 17.6. The number of fused-ring (bicyclic) bond motifs is 3. The van der Waals surface area contributed by atoms with Crippen molar-refractivity contribution in [3.8, 4) is 11.5 Å². The lowest BCUT2D eigenvalue weighted by Crippen LogP contribution is -2.54. The number of nitrogens with zero attached hydrogens (tertiary/aromatic N) is 2. The van der Waals surface area contributed by atoms with Gasteiger partial charge >= 0.3 is 0 Å².